The van der Waals surface area contributed by atoms with Gasteiger partial charge in [0.25, 0.3) is 0 Å². The molecule has 0 bridgehead atoms. The number of nitrogens with two attached hydrogens (primary N) is 1. The summed E-state index contributed by atoms with van der Waals surface area (Å²) >= 11 is 0. The average molecular weight is 278 g/mol. The topological polar surface area (TPSA) is 47.3 Å². The van der Waals surface area contributed by atoms with Crippen molar-refractivity contribution in [3.05, 3.63) is 59.7 Å². The molecule has 2 aromatic carbocycles. The standard InChI is InChI=1S/C15H16F2N2O/c16-15(17)20-14-8-4-2-6-12(14)10-19-9-11-5-1-3-7-13(11)18/h1-8,15,19H,9-10,18H2. The number of halogens is 2. The highest BCUT2D eigenvalue weighted by atomic mass is 19.3. The van der Waals surface area contributed by atoms with Gasteiger partial charge < -0.3 is 15.8 Å². The molecule has 0 amide bonds. The van der Waals surface area contributed by atoms with Crippen LogP contribution in [0, 0.1) is 0 Å². The minimum atomic E-state index is -2.82. The van der Waals surface area contributed by atoms with Gasteiger partial charge in [0.05, 0.1) is 0 Å². The molecule has 0 aliphatic carbocycles. The zero-order valence-electron chi connectivity index (χ0n) is 10.9. The largest absolute Gasteiger partial charge is 0.434 e. The van der Waals surface area contributed by atoms with E-state index in [1.54, 1.807) is 18.2 Å². The van der Waals surface area contributed by atoms with Crippen LogP contribution in [0.25, 0.3) is 0 Å². The van der Waals surface area contributed by atoms with Gasteiger partial charge in [-0.25, -0.2) is 0 Å². The Bertz CT molecular complexity index is 561. The highest BCUT2D eigenvalue weighted by Gasteiger charge is 2.08. The molecule has 0 saturated carbocycles. The van der Waals surface area contributed by atoms with E-state index < -0.39 is 6.61 Å². The number of rotatable bonds is 6. The Morgan fingerprint density at radius 2 is 1.55 bits per heavy atom. The lowest BCUT2D eigenvalue weighted by atomic mass is 10.1. The van der Waals surface area contributed by atoms with Gasteiger partial charge >= 0.3 is 6.61 Å². The Morgan fingerprint density at radius 1 is 0.950 bits per heavy atom. The maximum atomic E-state index is 12.3. The quantitative estimate of drug-likeness (QED) is 0.798. The molecule has 0 aliphatic heterocycles. The summed E-state index contributed by atoms with van der Waals surface area (Å²) in [5.74, 6) is 0.191. The summed E-state index contributed by atoms with van der Waals surface area (Å²) in [7, 11) is 0. The van der Waals surface area contributed by atoms with Gasteiger partial charge in [-0.2, -0.15) is 8.78 Å². The van der Waals surface area contributed by atoms with Gasteiger partial charge in [-0.15, -0.1) is 0 Å². The second kappa shape index (κ2) is 6.86. The predicted octanol–water partition coefficient (Wildman–Crippen LogP) is 3.16. The fourth-order valence-corrected chi connectivity index (χ4v) is 1.89. The smallest absolute Gasteiger partial charge is 0.387 e. The molecule has 2 rings (SSSR count). The van der Waals surface area contributed by atoms with Crippen molar-refractivity contribution in [3.63, 3.8) is 0 Å². The normalized spacial score (nSPS) is 10.8. The lowest BCUT2D eigenvalue weighted by Crippen LogP contribution is -2.15. The first-order chi connectivity index (χ1) is 9.66. The summed E-state index contributed by atoms with van der Waals surface area (Å²) in [6.45, 7) is -1.83. The zero-order valence-corrected chi connectivity index (χ0v) is 10.9. The molecule has 0 radical (unpaired) electrons. The van der Waals surface area contributed by atoms with Gasteiger partial charge in [-0.05, 0) is 17.7 Å². The van der Waals surface area contributed by atoms with Crippen LogP contribution in [0.3, 0.4) is 0 Å². The molecule has 106 valence electrons. The molecule has 3 nitrogen and oxygen atoms in total. The number of anilines is 1. The SMILES string of the molecule is Nc1ccccc1CNCc1ccccc1OC(F)F. The van der Waals surface area contributed by atoms with Crippen LogP contribution in [-0.4, -0.2) is 6.61 Å². The van der Waals surface area contributed by atoms with Crippen molar-refractivity contribution in [2.24, 2.45) is 0 Å². The lowest BCUT2D eigenvalue weighted by molar-refractivity contribution is -0.0505. The minimum absolute atomic E-state index is 0.191. The molecule has 5 heteroatoms. The third-order valence-corrected chi connectivity index (χ3v) is 2.87. The van der Waals surface area contributed by atoms with Gasteiger partial charge in [-0.3, -0.25) is 0 Å². The van der Waals surface area contributed by atoms with Gasteiger partial charge in [0.15, 0.2) is 0 Å². The maximum absolute atomic E-state index is 12.3. The van der Waals surface area contributed by atoms with E-state index >= 15 is 0 Å². The van der Waals surface area contributed by atoms with Crippen LogP contribution >= 0.6 is 0 Å². The number of benzene rings is 2. The number of hydrogen-bond donors (Lipinski definition) is 2. The van der Waals surface area contributed by atoms with Crippen LogP contribution in [0.5, 0.6) is 5.75 Å². The molecular weight excluding hydrogens is 262 g/mol. The second-order valence-electron chi connectivity index (χ2n) is 4.29. The Balaban J connectivity index is 1.96. The predicted molar refractivity (Wildman–Crippen MR) is 74.5 cm³/mol. The van der Waals surface area contributed by atoms with Crippen molar-refractivity contribution in [3.8, 4) is 5.75 Å². The molecule has 0 aromatic heterocycles. The first-order valence-corrected chi connectivity index (χ1v) is 6.23. The number of para-hydroxylation sites is 2. The van der Waals surface area contributed by atoms with E-state index in [9.17, 15) is 8.78 Å². The molecule has 0 fully saturated rings. The van der Waals surface area contributed by atoms with Crippen LogP contribution in [0.2, 0.25) is 0 Å². The molecule has 0 saturated heterocycles. The average Bonchev–Trinajstić information content (AvgIpc) is 2.42. The summed E-state index contributed by atoms with van der Waals surface area (Å²) in [4.78, 5) is 0. The molecule has 3 N–H and O–H groups in total. The van der Waals surface area contributed by atoms with Crippen molar-refractivity contribution >= 4 is 5.69 Å². The van der Waals surface area contributed by atoms with E-state index in [1.807, 2.05) is 24.3 Å². The number of nitrogen functional groups attached to an aromatic ring is 1. The minimum Gasteiger partial charge on any atom is -0.434 e. The van der Waals surface area contributed by atoms with Crippen LogP contribution in [0.4, 0.5) is 14.5 Å². The van der Waals surface area contributed by atoms with Crippen LogP contribution in [0.1, 0.15) is 11.1 Å². The number of hydrogen-bond acceptors (Lipinski definition) is 3. The first kappa shape index (κ1) is 14.3. The highest BCUT2D eigenvalue weighted by Crippen LogP contribution is 2.20. The molecule has 0 atom stereocenters. The summed E-state index contributed by atoms with van der Waals surface area (Å²) in [6.07, 6.45) is 0. The Morgan fingerprint density at radius 3 is 2.25 bits per heavy atom. The molecule has 0 spiro atoms. The van der Waals surface area contributed by atoms with Gasteiger partial charge in [0.1, 0.15) is 5.75 Å². The molecule has 20 heavy (non-hydrogen) atoms. The fraction of sp³-hybridized carbons (Fsp3) is 0.200. The number of alkyl halides is 2. The number of ether oxygens (including phenoxy) is 1. The Labute approximate surface area is 116 Å². The van der Waals surface area contributed by atoms with Crippen LogP contribution in [0.15, 0.2) is 48.5 Å². The number of nitrogens with one attached hydrogen (secondary N) is 1. The summed E-state index contributed by atoms with van der Waals surface area (Å²) in [5, 5.41) is 3.17. The van der Waals surface area contributed by atoms with Crippen LogP contribution in [-0.2, 0) is 13.1 Å². The second-order valence-corrected chi connectivity index (χ2v) is 4.29. The fourth-order valence-electron chi connectivity index (χ4n) is 1.89. The molecule has 0 heterocycles. The Kier molecular flexibility index (Phi) is 4.90. The van der Waals surface area contributed by atoms with E-state index in [-0.39, 0.29) is 5.75 Å². The van der Waals surface area contributed by atoms with Crippen molar-refractivity contribution in [1.29, 1.82) is 0 Å². The third-order valence-electron chi connectivity index (χ3n) is 2.87. The molecular formula is C15H16F2N2O. The summed E-state index contributed by atoms with van der Waals surface area (Å²) < 4.78 is 29.0. The van der Waals surface area contributed by atoms with E-state index in [0.717, 1.165) is 5.56 Å². The van der Waals surface area contributed by atoms with E-state index in [1.165, 1.54) is 6.07 Å². The zero-order chi connectivity index (χ0) is 14.4. The van der Waals surface area contributed by atoms with E-state index in [4.69, 9.17) is 5.73 Å². The van der Waals surface area contributed by atoms with Gasteiger partial charge in [-0.1, -0.05) is 36.4 Å². The highest BCUT2D eigenvalue weighted by molar-refractivity contribution is 5.46. The van der Waals surface area contributed by atoms with E-state index in [2.05, 4.69) is 10.1 Å². The van der Waals surface area contributed by atoms with Crippen LogP contribution < -0.4 is 15.8 Å². The van der Waals surface area contributed by atoms with Gasteiger partial charge in [0, 0.05) is 24.3 Å². The van der Waals surface area contributed by atoms with E-state index in [0.29, 0.717) is 24.3 Å². The third kappa shape index (κ3) is 3.93. The van der Waals surface area contributed by atoms with Crippen molar-refractivity contribution in [2.75, 3.05) is 5.73 Å². The maximum Gasteiger partial charge on any atom is 0.387 e. The monoisotopic (exact) mass is 278 g/mol. The van der Waals surface area contributed by atoms with Crippen molar-refractivity contribution in [1.82, 2.24) is 5.32 Å². The lowest BCUT2D eigenvalue weighted by Gasteiger charge is -2.12. The molecule has 0 aliphatic rings. The first-order valence-electron chi connectivity index (χ1n) is 6.23. The van der Waals surface area contributed by atoms with Gasteiger partial charge in [0.2, 0.25) is 0 Å². The molecule has 2 aromatic rings. The molecule has 0 unspecified atom stereocenters. The Hall–Kier alpha value is -2.14. The summed E-state index contributed by atoms with van der Waals surface area (Å²) in [5.41, 5.74) is 8.19. The van der Waals surface area contributed by atoms with Crippen molar-refractivity contribution in [2.45, 2.75) is 19.7 Å². The van der Waals surface area contributed by atoms with Crippen molar-refractivity contribution < 1.29 is 13.5 Å². The summed E-state index contributed by atoms with van der Waals surface area (Å²) in [6, 6.07) is 14.2.